The van der Waals surface area contributed by atoms with E-state index in [9.17, 15) is 17.6 Å². The van der Waals surface area contributed by atoms with Gasteiger partial charge < -0.3 is 9.84 Å². The molecule has 0 saturated heterocycles. The summed E-state index contributed by atoms with van der Waals surface area (Å²) in [6.07, 6.45) is -4.56. The summed E-state index contributed by atoms with van der Waals surface area (Å²) in [4.78, 5) is 0. The van der Waals surface area contributed by atoms with E-state index in [0.717, 1.165) is 18.2 Å². The molecule has 14 heavy (non-hydrogen) atoms. The van der Waals surface area contributed by atoms with Gasteiger partial charge in [0.15, 0.2) is 23.9 Å². The topological polar surface area (TPSA) is 29.5 Å². The van der Waals surface area contributed by atoms with Crippen LogP contribution in [-0.4, -0.2) is 17.9 Å². The summed E-state index contributed by atoms with van der Waals surface area (Å²) in [6, 6.07) is 3.09. The molecule has 0 radical (unpaired) electrons. The second-order valence-corrected chi connectivity index (χ2v) is 2.49. The molecule has 1 rings (SSSR count). The summed E-state index contributed by atoms with van der Waals surface area (Å²) in [5, 5.41) is 8.96. The summed E-state index contributed by atoms with van der Waals surface area (Å²) in [5.74, 6) is -2.48. The second-order valence-electron chi connectivity index (χ2n) is 2.49. The molecule has 1 aromatic rings. The van der Waals surface area contributed by atoms with Crippen LogP contribution in [0.2, 0.25) is 0 Å². The van der Waals surface area contributed by atoms with E-state index in [1.807, 2.05) is 0 Å². The Kier molecular flexibility index (Phi) is 2.83. The molecular formula is C8H6F4O2. The second kappa shape index (κ2) is 3.73. The van der Waals surface area contributed by atoms with Crippen molar-refractivity contribution in [1.82, 2.24) is 0 Å². The lowest BCUT2D eigenvalue weighted by Crippen LogP contribution is -2.19. The zero-order valence-corrected chi connectivity index (χ0v) is 6.81. The Morgan fingerprint density at radius 3 is 2.43 bits per heavy atom. The maximum atomic E-state index is 12.8. The number of alkyl halides is 3. The van der Waals surface area contributed by atoms with E-state index in [0.29, 0.717) is 0 Å². The molecule has 0 unspecified atom stereocenters. The van der Waals surface area contributed by atoms with Crippen molar-refractivity contribution in [3.8, 4) is 11.5 Å². The van der Waals surface area contributed by atoms with Gasteiger partial charge >= 0.3 is 6.18 Å². The van der Waals surface area contributed by atoms with Gasteiger partial charge in [0.2, 0.25) is 0 Å². The molecule has 2 nitrogen and oxygen atoms in total. The highest BCUT2D eigenvalue weighted by molar-refractivity contribution is 5.39. The largest absolute Gasteiger partial charge is 0.504 e. The van der Waals surface area contributed by atoms with E-state index in [2.05, 4.69) is 4.74 Å². The van der Waals surface area contributed by atoms with Crippen LogP contribution in [0.1, 0.15) is 0 Å². The van der Waals surface area contributed by atoms with Crippen molar-refractivity contribution in [2.24, 2.45) is 0 Å². The van der Waals surface area contributed by atoms with E-state index in [1.54, 1.807) is 0 Å². The maximum absolute atomic E-state index is 12.8. The monoisotopic (exact) mass is 210 g/mol. The minimum absolute atomic E-state index is 0.658. The van der Waals surface area contributed by atoms with Crippen LogP contribution in [0.3, 0.4) is 0 Å². The molecule has 78 valence electrons. The molecule has 0 aliphatic rings. The molecule has 6 heteroatoms. The van der Waals surface area contributed by atoms with Crippen molar-refractivity contribution in [2.75, 3.05) is 6.61 Å². The van der Waals surface area contributed by atoms with Crippen LogP contribution in [-0.2, 0) is 0 Å². The van der Waals surface area contributed by atoms with Crippen LogP contribution >= 0.6 is 0 Å². The van der Waals surface area contributed by atoms with E-state index in [4.69, 9.17) is 5.11 Å². The number of benzene rings is 1. The summed E-state index contributed by atoms with van der Waals surface area (Å²) >= 11 is 0. The highest BCUT2D eigenvalue weighted by atomic mass is 19.4. The van der Waals surface area contributed by atoms with Gasteiger partial charge in [-0.15, -0.1) is 0 Å². The number of rotatable bonds is 2. The highest BCUT2D eigenvalue weighted by Crippen LogP contribution is 2.30. The van der Waals surface area contributed by atoms with Gasteiger partial charge in [0.05, 0.1) is 0 Å². The summed E-state index contributed by atoms with van der Waals surface area (Å²) in [6.45, 7) is -1.64. The van der Waals surface area contributed by atoms with Crippen LogP contribution < -0.4 is 4.74 Å². The molecule has 0 heterocycles. The summed E-state index contributed by atoms with van der Waals surface area (Å²) in [5.41, 5.74) is 0. The van der Waals surface area contributed by atoms with Gasteiger partial charge in [-0.3, -0.25) is 0 Å². The van der Waals surface area contributed by atoms with Crippen molar-refractivity contribution in [1.29, 1.82) is 0 Å². The first-order valence-electron chi connectivity index (χ1n) is 3.57. The average molecular weight is 210 g/mol. The lowest BCUT2D eigenvalue weighted by atomic mass is 10.3. The molecule has 0 bridgehead atoms. The molecular weight excluding hydrogens is 204 g/mol. The van der Waals surface area contributed by atoms with Crippen LogP contribution in [0.4, 0.5) is 17.6 Å². The zero-order chi connectivity index (χ0) is 10.8. The predicted molar refractivity (Wildman–Crippen MR) is 39.6 cm³/mol. The first-order valence-corrected chi connectivity index (χ1v) is 3.57. The van der Waals surface area contributed by atoms with E-state index < -0.39 is 30.1 Å². The number of phenolic OH excluding ortho intramolecular Hbond substituents is 1. The van der Waals surface area contributed by atoms with Gasteiger partial charge in [-0.1, -0.05) is 6.07 Å². The van der Waals surface area contributed by atoms with Gasteiger partial charge in [0.1, 0.15) is 0 Å². The van der Waals surface area contributed by atoms with Crippen molar-refractivity contribution in [2.45, 2.75) is 6.18 Å². The Morgan fingerprint density at radius 1 is 1.29 bits per heavy atom. The third-order valence-corrected chi connectivity index (χ3v) is 1.33. The molecule has 1 aromatic carbocycles. The van der Waals surface area contributed by atoms with Crippen molar-refractivity contribution < 1.29 is 27.4 Å². The number of ether oxygens (including phenoxy) is 1. The molecule has 0 aliphatic carbocycles. The molecule has 0 atom stereocenters. The fraction of sp³-hybridized carbons (Fsp3) is 0.250. The van der Waals surface area contributed by atoms with Gasteiger partial charge in [-0.05, 0) is 12.1 Å². The van der Waals surface area contributed by atoms with Crippen LogP contribution in [0.5, 0.6) is 11.5 Å². The number of halogens is 4. The van der Waals surface area contributed by atoms with Crippen LogP contribution in [0, 0.1) is 5.82 Å². The van der Waals surface area contributed by atoms with E-state index in [-0.39, 0.29) is 0 Å². The molecule has 0 aliphatic heterocycles. The van der Waals surface area contributed by atoms with Gasteiger partial charge in [-0.2, -0.15) is 13.2 Å². The standard InChI is InChI=1S/C8H6F4O2/c9-5-2-1-3-6(13)7(5)14-4-8(10,11)12/h1-3,13H,4H2. The van der Waals surface area contributed by atoms with Gasteiger partial charge in [0, 0.05) is 0 Å². The molecule has 0 spiro atoms. The number of hydrogen-bond acceptors (Lipinski definition) is 2. The number of hydrogen-bond donors (Lipinski definition) is 1. The van der Waals surface area contributed by atoms with Crippen LogP contribution in [0.25, 0.3) is 0 Å². The Labute approximate surface area is 76.7 Å². The lowest BCUT2D eigenvalue weighted by Gasteiger charge is -2.10. The first-order chi connectivity index (χ1) is 6.40. The quantitative estimate of drug-likeness (QED) is 0.760. The van der Waals surface area contributed by atoms with Crippen molar-refractivity contribution >= 4 is 0 Å². The highest BCUT2D eigenvalue weighted by Gasteiger charge is 2.29. The predicted octanol–water partition coefficient (Wildman–Crippen LogP) is 2.47. The number of para-hydroxylation sites is 1. The Morgan fingerprint density at radius 2 is 1.93 bits per heavy atom. The maximum Gasteiger partial charge on any atom is 0.422 e. The van der Waals surface area contributed by atoms with Crippen LogP contribution in [0.15, 0.2) is 18.2 Å². The van der Waals surface area contributed by atoms with E-state index in [1.165, 1.54) is 0 Å². The molecule has 0 aromatic heterocycles. The third-order valence-electron chi connectivity index (χ3n) is 1.33. The lowest BCUT2D eigenvalue weighted by molar-refractivity contribution is -0.154. The number of phenols is 1. The molecule has 1 N–H and O–H groups in total. The smallest absolute Gasteiger partial charge is 0.422 e. The Bertz CT molecular complexity index is 301. The zero-order valence-electron chi connectivity index (χ0n) is 6.81. The fourth-order valence-corrected chi connectivity index (χ4v) is 0.794. The number of aromatic hydroxyl groups is 1. The van der Waals surface area contributed by atoms with Crippen molar-refractivity contribution in [3.63, 3.8) is 0 Å². The minimum Gasteiger partial charge on any atom is -0.504 e. The Balaban J connectivity index is 2.77. The van der Waals surface area contributed by atoms with Crippen molar-refractivity contribution in [3.05, 3.63) is 24.0 Å². The minimum atomic E-state index is -4.56. The average Bonchev–Trinajstić information content (AvgIpc) is 2.01. The summed E-state index contributed by atoms with van der Waals surface area (Å²) < 4.78 is 51.9. The van der Waals surface area contributed by atoms with Gasteiger partial charge in [-0.25, -0.2) is 4.39 Å². The van der Waals surface area contributed by atoms with E-state index >= 15 is 0 Å². The molecule has 0 saturated carbocycles. The Hall–Kier alpha value is -1.46. The fourth-order valence-electron chi connectivity index (χ4n) is 0.794. The summed E-state index contributed by atoms with van der Waals surface area (Å²) in [7, 11) is 0. The SMILES string of the molecule is Oc1cccc(F)c1OCC(F)(F)F. The molecule has 0 fully saturated rings. The normalized spacial score (nSPS) is 11.4. The first kappa shape index (κ1) is 10.6. The van der Waals surface area contributed by atoms with Gasteiger partial charge in [0.25, 0.3) is 0 Å². The molecule has 0 amide bonds. The third kappa shape index (κ3) is 2.79.